The number of nitrogens with one attached hydrogen (secondary N) is 1. The van der Waals surface area contributed by atoms with Crippen molar-refractivity contribution in [2.45, 2.75) is 25.9 Å². The quantitative estimate of drug-likeness (QED) is 0.789. The maximum Gasteiger partial charge on any atom is 0.325 e. The molecule has 1 heterocycles. The molecule has 5 nitrogen and oxygen atoms in total. The highest BCUT2D eigenvalue weighted by Crippen LogP contribution is 2.36. The maximum atomic E-state index is 13.1. The largest absolute Gasteiger partial charge is 0.496 e. The van der Waals surface area contributed by atoms with Crippen molar-refractivity contribution >= 4 is 35.1 Å². The van der Waals surface area contributed by atoms with Crippen LogP contribution in [0.1, 0.15) is 23.6 Å². The number of carbonyl (C=O) groups excluding carboxylic acids is 2. The molecule has 0 aliphatic carbocycles. The van der Waals surface area contributed by atoms with Crippen LogP contribution >= 0.6 is 23.2 Å². The molecule has 0 bridgehead atoms. The molecule has 1 atom stereocenters. The molecule has 1 unspecified atom stereocenters. The van der Waals surface area contributed by atoms with Crippen LogP contribution in [0.4, 0.5) is 4.79 Å². The zero-order chi connectivity index (χ0) is 19.1. The van der Waals surface area contributed by atoms with Crippen molar-refractivity contribution < 1.29 is 14.3 Å². The zero-order valence-electron chi connectivity index (χ0n) is 14.6. The molecule has 3 rings (SSSR count). The SMILES string of the molecule is COc1ccc(C)cc1CN1C(=O)NC(C)(c2ccc(Cl)cc2Cl)C1=O. The second-order valence-corrected chi connectivity index (χ2v) is 7.23. The highest BCUT2D eigenvalue weighted by atomic mass is 35.5. The lowest BCUT2D eigenvalue weighted by Crippen LogP contribution is -2.41. The summed E-state index contributed by atoms with van der Waals surface area (Å²) in [5.41, 5.74) is 1.01. The second-order valence-electron chi connectivity index (χ2n) is 6.39. The first-order chi connectivity index (χ1) is 12.3. The Labute approximate surface area is 161 Å². The zero-order valence-corrected chi connectivity index (χ0v) is 16.1. The fourth-order valence-corrected chi connectivity index (χ4v) is 3.72. The first kappa shape index (κ1) is 18.5. The van der Waals surface area contributed by atoms with Crippen molar-refractivity contribution in [3.05, 3.63) is 63.1 Å². The van der Waals surface area contributed by atoms with Crippen molar-refractivity contribution in [2.75, 3.05) is 7.11 Å². The Hall–Kier alpha value is -2.24. The number of hydrogen-bond acceptors (Lipinski definition) is 3. The number of hydrogen-bond donors (Lipinski definition) is 1. The third-order valence-electron chi connectivity index (χ3n) is 4.51. The molecule has 26 heavy (non-hydrogen) atoms. The number of rotatable bonds is 4. The van der Waals surface area contributed by atoms with Crippen molar-refractivity contribution in [3.63, 3.8) is 0 Å². The number of benzene rings is 2. The van der Waals surface area contributed by atoms with Gasteiger partial charge in [-0.2, -0.15) is 0 Å². The van der Waals surface area contributed by atoms with Gasteiger partial charge in [0.2, 0.25) is 0 Å². The van der Waals surface area contributed by atoms with Gasteiger partial charge in [-0.3, -0.25) is 9.69 Å². The number of aryl methyl sites for hydroxylation is 1. The first-order valence-corrected chi connectivity index (χ1v) is 8.75. The predicted molar refractivity (Wildman–Crippen MR) is 101 cm³/mol. The lowest BCUT2D eigenvalue weighted by atomic mass is 9.92. The minimum absolute atomic E-state index is 0.107. The van der Waals surface area contributed by atoms with E-state index in [1.807, 2.05) is 25.1 Å². The van der Waals surface area contributed by atoms with Crippen LogP contribution in [0, 0.1) is 6.92 Å². The number of carbonyl (C=O) groups is 2. The Morgan fingerprint density at radius 3 is 2.54 bits per heavy atom. The van der Waals surface area contributed by atoms with Gasteiger partial charge in [0.25, 0.3) is 5.91 Å². The maximum absolute atomic E-state index is 13.1. The molecular formula is C19H18Cl2N2O3. The molecule has 3 amide bonds. The molecule has 1 saturated heterocycles. The van der Waals surface area contributed by atoms with Crippen LogP contribution in [0.15, 0.2) is 36.4 Å². The lowest BCUT2D eigenvalue weighted by Gasteiger charge is -2.23. The van der Waals surface area contributed by atoms with Gasteiger partial charge >= 0.3 is 6.03 Å². The monoisotopic (exact) mass is 392 g/mol. The Bertz CT molecular complexity index is 900. The number of urea groups is 1. The van der Waals surface area contributed by atoms with E-state index in [1.54, 1.807) is 32.2 Å². The van der Waals surface area contributed by atoms with Crippen LogP contribution in [0.25, 0.3) is 0 Å². The molecule has 0 aromatic heterocycles. The number of imide groups is 1. The summed E-state index contributed by atoms with van der Waals surface area (Å²) in [6, 6.07) is 9.98. The molecule has 1 aliphatic heterocycles. The van der Waals surface area contributed by atoms with Crippen molar-refractivity contribution in [2.24, 2.45) is 0 Å². The normalized spacial score (nSPS) is 19.7. The molecule has 0 saturated carbocycles. The summed E-state index contributed by atoms with van der Waals surface area (Å²) >= 11 is 12.2. The van der Waals surface area contributed by atoms with E-state index < -0.39 is 11.6 Å². The topological polar surface area (TPSA) is 58.6 Å². The molecule has 7 heteroatoms. The summed E-state index contributed by atoms with van der Waals surface area (Å²) in [5, 5.41) is 3.53. The fourth-order valence-electron chi connectivity index (χ4n) is 3.12. The van der Waals surface area contributed by atoms with Gasteiger partial charge in [-0.25, -0.2) is 4.79 Å². The van der Waals surface area contributed by atoms with Crippen molar-refractivity contribution in [1.82, 2.24) is 10.2 Å². The average Bonchev–Trinajstić information content (AvgIpc) is 2.79. The van der Waals surface area contributed by atoms with Crippen molar-refractivity contribution in [3.8, 4) is 5.75 Å². The summed E-state index contributed by atoms with van der Waals surface area (Å²) < 4.78 is 5.34. The van der Waals surface area contributed by atoms with Gasteiger partial charge in [-0.15, -0.1) is 0 Å². The number of methoxy groups -OCH3 is 1. The van der Waals surface area contributed by atoms with Crippen LogP contribution in [-0.4, -0.2) is 23.9 Å². The molecule has 136 valence electrons. The van der Waals surface area contributed by atoms with Crippen LogP contribution < -0.4 is 10.1 Å². The predicted octanol–water partition coefficient (Wildman–Crippen LogP) is 4.28. The van der Waals surface area contributed by atoms with E-state index in [-0.39, 0.29) is 12.5 Å². The number of halogens is 2. The van der Waals surface area contributed by atoms with Gasteiger partial charge in [0.15, 0.2) is 0 Å². The Kier molecular flexibility index (Phi) is 4.86. The fraction of sp³-hybridized carbons (Fsp3) is 0.263. The summed E-state index contributed by atoms with van der Waals surface area (Å²) in [4.78, 5) is 26.8. The molecule has 2 aromatic rings. The molecule has 0 spiro atoms. The van der Waals surface area contributed by atoms with Crippen molar-refractivity contribution in [1.29, 1.82) is 0 Å². The van der Waals surface area contributed by atoms with Crippen LogP contribution in [0.3, 0.4) is 0 Å². The molecular weight excluding hydrogens is 375 g/mol. The van der Waals surface area contributed by atoms with Gasteiger partial charge in [0.05, 0.1) is 13.7 Å². The summed E-state index contributed by atoms with van der Waals surface area (Å²) in [5.74, 6) is 0.240. The minimum atomic E-state index is -1.25. The standard InChI is InChI=1S/C19H18Cl2N2O3/c1-11-4-7-16(26-3)12(8-11)10-23-17(24)19(2,22-18(23)25)14-6-5-13(20)9-15(14)21/h4-9H,10H2,1-3H3,(H,22,25). The van der Waals surface area contributed by atoms with E-state index in [9.17, 15) is 9.59 Å². The molecule has 2 aromatic carbocycles. The van der Waals surface area contributed by atoms with E-state index in [4.69, 9.17) is 27.9 Å². The third kappa shape index (κ3) is 3.13. The van der Waals surface area contributed by atoms with Crippen LogP contribution in [0.2, 0.25) is 10.0 Å². The summed E-state index contributed by atoms with van der Waals surface area (Å²) in [7, 11) is 1.55. The second kappa shape index (κ2) is 6.82. The van der Waals surface area contributed by atoms with Gasteiger partial charge < -0.3 is 10.1 Å². The van der Waals surface area contributed by atoms with Gasteiger partial charge in [0.1, 0.15) is 11.3 Å². The third-order valence-corrected chi connectivity index (χ3v) is 5.06. The number of amides is 3. The average molecular weight is 393 g/mol. The van der Waals surface area contributed by atoms with E-state index >= 15 is 0 Å². The minimum Gasteiger partial charge on any atom is -0.496 e. The van der Waals surface area contributed by atoms with Gasteiger partial charge in [-0.1, -0.05) is 47.0 Å². The smallest absolute Gasteiger partial charge is 0.325 e. The number of nitrogens with zero attached hydrogens (tertiary/aromatic N) is 1. The highest BCUT2D eigenvalue weighted by Gasteiger charge is 2.50. The van der Waals surface area contributed by atoms with E-state index in [0.717, 1.165) is 11.1 Å². The number of ether oxygens (including phenoxy) is 1. The van der Waals surface area contributed by atoms with Gasteiger partial charge in [0, 0.05) is 21.2 Å². The van der Waals surface area contributed by atoms with Crippen LogP contribution in [0.5, 0.6) is 5.75 Å². The molecule has 1 N–H and O–H groups in total. The van der Waals surface area contributed by atoms with E-state index in [0.29, 0.717) is 21.4 Å². The lowest BCUT2D eigenvalue weighted by molar-refractivity contribution is -0.131. The van der Waals surface area contributed by atoms with Crippen LogP contribution in [-0.2, 0) is 16.9 Å². The Balaban J connectivity index is 1.96. The Morgan fingerprint density at radius 1 is 1.15 bits per heavy atom. The van der Waals surface area contributed by atoms with Gasteiger partial charge in [-0.05, 0) is 32.0 Å². The summed E-state index contributed by atoms with van der Waals surface area (Å²) in [6.45, 7) is 3.68. The molecule has 1 aliphatic rings. The molecule has 1 fully saturated rings. The highest BCUT2D eigenvalue weighted by molar-refractivity contribution is 6.35. The van der Waals surface area contributed by atoms with E-state index in [1.165, 1.54) is 4.90 Å². The Morgan fingerprint density at radius 2 is 1.88 bits per heavy atom. The first-order valence-electron chi connectivity index (χ1n) is 7.99. The van der Waals surface area contributed by atoms with E-state index in [2.05, 4.69) is 5.32 Å². The molecule has 0 radical (unpaired) electrons. The summed E-state index contributed by atoms with van der Waals surface area (Å²) in [6.07, 6.45) is 0.